The van der Waals surface area contributed by atoms with Gasteiger partial charge in [0.2, 0.25) is 0 Å². The zero-order chi connectivity index (χ0) is 22.2. The summed E-state index contributed by atoms with van der Waals surface area (Å²) in [6.45, 7) is 13.6. The predicted octanol–water partition coefficient (Wildman–Crippen LogP) is 9.60. The quantitative estimate of drug-likeness (QED) is 0.385. The van der Waals surface area contributed by atoms with E-state index >= 15 is 0 Å². The van der Waals surface area contributed by atoms with Crippen molar-refractivity contribution in [1.29, 1.82) is 0 Å². The molecule has 3 aromatic rings. The first-order chi connectivity index (χ1) is 14.5. The molecular weight excluding hydrogens is 360 g/mol. The van der Waals surface area contributed by atoms with Crippen LogP contribution >= 0.6 is 0 Å². The molecule has 0 spiro atoms. The number of hydrogen-bond donors (Lipinski definition) is 0. The molecule has 3 unspecified atom stereocenters. The number of benzene rings is 3. The van der Waals surface area contributed by atoms with Crippen molar-refractivity contribution in [2.75, 3.05) is 0 Å². The summed E-state index contributed by atoms with van der Waals surface area (Å²) < 4.78 is 0. The summed E-state index contributed by atoms with van der Waals surface area (Å²) in [6.07, 6.45) is 3.69. The second-order valence-corrected chi connectivity index (χ2v) is 8.12. The van der Waals surface area contributed by atoms with Crippen molar-refractivity contribution in [3.8, 4) is 0 Å². The van der Waals surface area contributed by atoms with Crippen LogP contribution in [0.2, 0.25) is 0 Å². The molecule has 3 aromatic carbocycles. The van der Waals surface area contributed by atoms with Gasteiger partial charge >= 0.3 is 0 Å². The Labute approximate surface area is 186 Å². The lowest BCUT2D eigenvalue weighted by Crippen LogP contribution is -2.01. The third-order valence-electron chi connectivity index (χ3n) is 5.93. The van der Waals surface area contributed by atoms with E-state index in [-0.39, 0.29) is 0 Å². The highest BCUT2D eigenvalue weighted by Crippen LogP contribution is 2.29. The van der Waals surface area contributed by atoms with Crippen molar-refractivity contribution >= 4 is 0 Å². The van der Waals surface area contributed by atoms with Crippen molar-refractivity contribution < 1.29 is 0 Å². The molecule has 0 nitrogen and oxygen atoms in total. The van der Waals surface area contributed by atoms with Crippen LogP contribution in [0.5, 0.6) is 0 Å². The van der Waals surface area contributed by atoms with Crippen molar-refractivity contribution in [3.05, 3.63) is 108 Å². The summed E-state index contributed by atoms with van der Waals surface area (Å²) in [4.78, 5) is 0. The van der Waals surface area contributed by atoms with Gasteiger partial charge in [-0.2, -0.15) is 0 Å². The van der Waals surface area contributed by atoms with Crippen molar-refractivity contribution in [1.82, 2.24) is 0 Å². The van der Waals surface area contributed by atoms with Crippen LogP contribution < -0.4 is 0 Å². The van der Waals surface area contributed by atoms with Gasteiger partial charge in [-0.15, -0.1) is 0 Å². The fraction of sp³-hybridized carbons (Fsp3) is 0.400. The molecule has 0 saturated carbocycles. The molecular formula is C30H42. The van der Waals surface area contributed by atoms with E-state index in [1.165, 1.54) is 24.8 Å². The third kappa shape index (κ3) is 9.44. The molecule has 0 aliphatic rings. The Balaban J connectivity index is 0.000000244. The van der Waals surface area contributed by atoms with E-state index in [4.69, 9.17) is 0 Å². The van der Waals surface area contributed by atoms with Crippen LogP contribution in [0.4, 0.5) is 0 Å². The minimum absolute atomic E-state index is 0.695. The molecule has 0 fully saturated rings. The van der Waals surface area contributed by atoms with Crippen LogP contribution in [0.25, 0.3) is 0 Å². The molecule has 30 heavy (non-hydrogen) atoms. The molecule has 0 aromatic heterocycles. The van der Waals surface area contributed by atoms with E-state index in [9.17, 15) is 0 Å². The lowest BCUT2D eigenvalue weighted by Gasteiger charge is -2.18. The van der Waals surface area contributed by atoms with Crippen LogP contribution in [0.3, 0.4) is 0 Å². The number of hydrogen-bond acceptors (Lipinski definition) is 0. The summed E-state index contributed by atoms with van der Waals surface area (Å²) in [5, 5.41) is 0. The van der Waals surface area contributed by atoms with E-state index in [1.54, 1.807) is 11.1 Å². The molecule has 3 rings (SSSR count). The minimum atomic E-state index is 0.695. The number of rotatable bonds is 6. The van der Waals surface area contributed by atoms with Gasteiger partial charge in [0.05, 0.1) is 0 Å². The van der Waals surface area contributed by atoms with Gasteiger partial charge in [0.25, 0.3) is 0 Å². The first-order valence-electron chi connectivity index (χ1n) is 11.7. The smallest absolute Gasteiger partial charge is 0.0190 e. The molecule has 0 N–H and O–H groups in total. The lowest BCUT2D eigenvalue weighted by atomic mass is 9.87. The van der Waals surface area contributed by atoms with E-state index in [0.29, 0.717) is 17.8 Å². The minimum Gasteiger partial charge on any atom is -0.0648 e. The van der Waals surface area contributed by atoms with Crippen LogP contribution in [0, 0.1) is 0 Å². The summed E-state index contributed by atoms with van der Waals surface area (Å²) in [5.41, 5.74) is 4.54. The first-order valence-corrected chi connectivity index (χ1v) is 11.7. The highest BCUT2D eigenvalue weighted by molar-refractivity contribution is 5.32. The van der Waals surface area contributed by atoms with Gasteiger partial charge in [-0.25, -0.2) is 0 Å². The molecule has 3 atom stereocenters. The second kappa shape index (κ2) is 15.5. The van der Waals surface area contributed by atoms with Gasteiger partial charge in [0.15, 0.2) is 0 Å². The molecule has 0 saturated heterocycles. The SMILES string of the molecule is CCC(C)c1ccccc1.CCC(C)c1ccccc1C(C)CC.c1ccccc1. The molecule has 0 aliphatic heterocycles. The fourth-order valence-electron chi connectivity index (χ4n) is 3.25. The lowest BCUT2D eigenvalue weighted by molar-refractivity contribution is 0.677. The molecule has 0 heterocycles. The average Bonchev–Trinajstić information content (AvgIpc) is 2.85. The van der Waals surface area contributed by atoms with Gasteiger partial charge in [-0.1, -0.05) is 133 Å². The van der Waals surface area contributed by atoms with Gasteiger partial charge < -0.3 is 0 Å². The standard InChI is InChI=1S/C14H22.C10H14.C6H6/c1-5-11(3)13-9-7-8-10-14(13)12(4)6-2;1-3-9(2)10-7-5-4-6-8-10;1-2-4-6-5-3-1/h7-12H,5-6H2,1-4H3;4-9H,3H2,1-2H3;1-6H. The predicted molar refractivity (Wildman–Crippen MR) is 135 cm³/mol. The topological polar surface area (TPSA) is 0 Å². The van der Waals surface area contributed by atoms with Gasteiger partial charge in [0, 0.05) is 0 Å². The van der Waals surface area contributed by atoms with Crippen molar-refractivity contribution in [2.45, 2.75) is 78.6 Å². The zero-order valence-corrected chi connectivity index (χ0v) is 20.0. The van der Waals surface area contributed by atoms with E-state index in [2.05, 4.69) is 96.1 Å². The Kier molecular flexibility index (Phi) is 13.3. The Morgan fingerprint density at radius 2 is 0.733 bits per heavy atom. The maximum absolute atomic E-state index is 2.32. The summed E-state index contributed by atoms with van der Waals surface area (Å²) >= 11 is 0. The van der Waals surface area contributed by atoms with Gasteiger partial charge in [-0.05, 0) is 53.7 Å². The molecule has 0 amide bonds. The molecule has 0 heteroatoms. The monoisotopic (exact) mass is 402 g/mol. The largest absolute Gasteiger partial charge is 0.0648 e. The molecule has 162 valence electrons. The first kappa shape index (κ1) is 25.7. The van der Waals surface area contributed by atoms with Crippen LogP contribution in [0.1, 0.15) is 95.2 Å². The maximum atomic E-state index is 2.32. The Bertz CT molecular complexity index is 705. The van der Waals surface area contributed by atoms with E-state index < -0.39 is 0 Å². The van der Waals surface area contributed by atoms with Gasteiger partial charge in [-0.3, -0.25) is 0 Å². The Morgan fingerprint density at radius 1 is 0.433 bits per heavy atom. The van der Waals surface area contributed by atoms with E-state index in [0.717, 1.165) is 0 Å². The summed E-state index contributed by atoms with van der Waals surface area (Å²) in [7, 11) is 0. The third-order valence-corrected chi connectivity index (χ3v) is 5.93. The van der Waals surface area contributed by atoms with Crippen molar-refractivity contribution in [3.63, 3.8) is 0 Å². The van der Waals surface area contributed by atoms with Crippen LogP contribution in [0.15, 0.2) is 91.0 Å². The van der Waals surface area contributed by atoms with Crippen LogP contribution in [-0.4, -0.2) is 0 Å². The van der Waals surface area contributed by atoms with E-state index in [1.807, 2.05) is 36.4 Å². The fourth-order valence-corrected chi connectivity index (χ4v) is 3.25. The normalized spacial score (nSPS) is 13.0. The summed E-state index contributed by atoms with van der Waals surface area (Å²) in [6, 6.07) is 31.5. The zero-order valence-electron chi connectivity index (χ0n) is 20.0. The summed E-state index contributed by atoms with van der Waals surface area (Å²) in [5.74, 6) is 2.10. The highest BCUT2D eigenvalue weighted by Gasteiger charge is 2.11. The Morgan fingerprint density at radius 3 is 1.07 bits per heavy atom. The molecule has 0 bridgehead atoms. The van der Waals surface area contributed by atoms with Gasteiger partial charge in [0.1, 0.15) is 0 Å². The Hall–Kier alpha value is -2.34. The highest BCUT2D eigenvalue weighted by atomic mass is 14.2. The average molecular weight is 403 g/mol. The van der Waals surface area contributed by atoms with Crippen molar-refractivity contribution in [2.24, 2.45) is 0 Å². The van der Waals surface area contributed by atoms with Crippen LogP contribution in [-0.2, 0) is 0 Å². The molecule has 0 aliphatic carbocycles. The second-order valence-electron chi connectivity index (χ2n) is 8.12. The molecule has 0 radical (unpaired) electrons. The maximum Gasteiger partial charge on any atom is -0.0190 e.